The summed E-state index contributed by atoms with van der Waals surface area (Å²) in [5.41, 5.74) is 21.7. The Morgan fingerprint density at radius 1 is 0.346 bits per heavy atom. The summed E-state index contributed by atoms with van der Waals surface area (Å²) in [6.07, 6.45) is 13.0. The van der Waals surface area contributed by atoms with Crippen LogP contribution in [0.25, 0.3) is 51.7 Å². The van der Waals surface area contributed by atoms with E-state index in [1.54, 1.807) is 12.2 Å². The van der Waals surface area contributed by atoms with Crippen LogP contribution in [0.5, 0.6) is 0 Å². The van der Waals surface area contributed by atoms with Crippen molar-refractivity contribution in [3.8, 4) is 0 Å². The Balaban J connectivity index is 0.000000195. The van der Waals surface area contributed by atoms with E-state index < -0.39 is 5.97 Å². The molecule has 4 heteroatoms. The maximum absolute atomic E-state index is 11.3. The maximum Gasteiger partial charge on any atom is 0.330 e. The SMILES string of the molecule is C.C/C=C/c1ccc(/C(=C(/CC)c2ccccc2)c2ccccc2)cc1.CC/C(=C(\c1ccccc1)c1ccc(/C=C/C(=O)O)cc1)c1ccccc1.CC/C(=C(\c1ccccc1)c1ccc(/C=C/C(=O)OC)cc1)c1ccccc1. The summed E-state index contributed by atoms with van der Waals surface area (Å²) in [5.74, 6) is -1.30. The molecule has 0 spiro atoms. The maximum atomic E-state index is 11.3. The van der Waals surface area contributed by atoms with Gasteiger partial charge in [-0.3, -0.25) is 0 Å². The van der Waals surface area contributed by atoms with Crippen LogP contribution in [0.2, 0.25) is 0 Å². The van der Waals surface area contributed by atoms with Crippen molar-refractivity contribution in [3.05, 3.63) is 340 Å². The molecule has 406 valence electrons. The number of carboxylic acids is 1. The fourth-order valence-electron chi connectivity index (χ4n) is 9.73. The van der Waals surface area contributed by atoms with Crippen molar-refractivity contribution in [3.63, 3.8) is 0 Å². The first-order valence-electron chi connectivity index (χ1n) is 27.4. The third-order valence-electron chi connectivity index (χ3n) is 13.5. The number of rotatable bonds is 17. The summed E-state index contributed by atoms with van der Waals surface area (Å²) >= 11 is 0. The first-order chi connectivity index (χ1) is 39.2. The van der Waals surface area contributed by atoms with E-state index >= 15 is 0 Å². The van der Waals surface area contributed by atoms with E-state index in [2.05, 4.69) is 244 Å². The molecule has 0 aromatic heterocycles. The van der Waals surface area contributed by atoms with Gasteiger partial charge in [-0.15, -0.1) is 0 Å². The van der Waals surface area contributed by atoms with Crippen LogP contribution in [0.15, 0.2) is 273 Å². The average Bonchev–Trinajstić information content (AvgIpc) is 3.56. The number of esters is 1. The Hall–Kier alpha value is -9.64. The molecule has 0 aliphatic heterocycles. The number of carbonyl (C=O) groups is 2. The van der Waals surface area contributed by atoms with Crippen molar-refractivity contribution in [1.29, 1.82) is 0 Å². The Morgan fingerprint density at radius 3 is 0.815 bits per heavy atom. The van der Waals surface area contributed by atoms with Gasteiger partial charge in [0, 0.05) is 12.2 Å². The van der Waals surface area contributed by atoms with E-state index in [0.29, 0.717) is 0 Å². The third kappa shape index (κ3) is 17.4. The molecule has 0 atom stereocenters. The summed E-state index contributed by atoms with van der Waals surface area (Å²) in [7, 11) is 1.38. The van der Waals surface area contributed by atoms with Crippen LogP contribution < -0.4 is 0 Å². The Bertz CT molecular complexity index is 3540. The second kappa shape index (κ2) is 32.3. The van der Waals surface area contributed by atoms with Gasteiger partial charge in [-0.25, -0.2) is 9.59 Å². The summed E-state index contributed by atoms with van der Waals surface area (Å²) in [5, 5.41) is 8.80. The van der Waals surface area contributed by atoms with Gasteiger partial charge in [0.1, 0.15) is 0 Å². The predicted octanol–water partition coefficient (Wildman–Crippen LogP) is 20.1. The highest BCUT2D eigenvalue weighted by Gasteiger charge is 2.16. The van der Waals surface area contributed by atoms with Gasteiger partial charge in [-0.05, 0) is 139 Å². The highest BCUT2D eigenvalue weighted by Crippen LogP contribution is 2.37. The predicted molar refractivity (Wildman–Crippen MR) is 346 cm³/mol. The van der Waals surface area contributed by atoms with Crippen molar-refractivity contribution in [2.75, 3.05) is 7.11 Å². The Kier molecular flexibility index (Phi) is 24.2. The lowest BCUT2D eigenvalue weighted by atomic mass is 9.88. The van der Waals surface area contributed by atoms with Crippen LogP contribution in [0, 0.1) is 0 Å². The summed E-state index contributed by atoms with van der Waals surface area (Å²) in [4.78, 5) is 22.0. The van der Waals surface area contributed by atoms with Crippen molar-refractivity contribution >= 4 is 63.6 Å². The molecule has 0 heterocycles. The van der Waals surface area contributed by atoms with Crippen molar-refractivity contribution in [2.24, 2.45) is 0 Å². The zero-order valence-electron chi connectivity index (χ0n) is 46.5. The van der Waals surface area contributed by atoms with E-state index in [1.165, 1.54) is 91.1 Å². The van der Waals surface area contributed by atoms with E-state index in [4.69, 9.17) is 5.11 Å². The Morgan fingerprint density at radius 2 is 0.580 bits per heavy atom. The number of hydrogen-bond donors (Lipinski definition) is 1. The van der Waals surface area contributed by atoms with Crippen LogP contribution in [0.3, 0.4) is 0 Å². The first-order valence-corrected chi connectivity index (χ1v) is 27.4. The minimum absolute atomic E-state index is 0. The van der Waals surface area contributed by atoms with Crippen molar-refractivity contribution < 1.29 is 19.4 Å². The number of benzene rings is 9. The largest absolute Gasteiger partial charge is 0.478 e. The Labute approximate surface area is 481 Å². The molecule has 81 heavy (non-hydrogen) atoms. The third-order valence-corrected chi connectivity index (χ3v) is 13.5. The molecule has 0 fully saturated rings. The number of carbonyl (C=O) groups excluding carboxylic acids is 1. The van der Waals surface area contributed by atoms with Gasteiger partial charge in [0.05, 0.1) is 7.11 Å². The number of allylic oxidation sites excluding steroid dienone is 4. The number of hydrogen-bond acceptors (Lipinski definition) is 3. The fraction of sp³-hybridized carbons (Fsp3) is 0.117. The molecule has 9 aromatic carbocycles. The number of carboxylic acid groups (broad SMARTS) is 1. The smallest absolute Gasteiger partial charge is 0.330 e. The molecule has 0 saturated carbocycles. The van der Waals surface area contributed by atoms with Gasteiger partial charge in [0.25, 0.3) is 0 Å². The van der Waals surface area contributed by atoms with Gasteiger partial charge in [0.2, 0.25) is 0 Å². The normalized spacial score (nSPS) is 11.9. The molecule has 0 unspecified atom stereocenters. The lowest BCUT2D eigenvalue weighted by Gasteiger charge is -2.16. The van der Waals surface area contributed by atoms with Crippen LogP contribution in [0.4, 0.5) is 0 Å². The number of aliphatic carboxylic acids is 1. The monoisotopic (exact) mass is 1060 g/mol. The average molecular weight is 1060 g/mol. The molecule has 9 rings (SSSR count). The first kappa shape index (κ1) is 60.6. The molecular formula is C77H74O4. The van der Waals surface area contributed by atoms with E-state index in [-0.39, 0.29) is 13.4 Å². The highest BCUT2D eigenvalue weighted by molar-refractivity contribution is 6.01. The van der Waals surface area contributed by atoms with Crippen LogP contribution in [-0.2, 0) is 14.3 Å². The van der Waals surface area contributed by atoms with Crippen molar-refractivity contribution in [2.45, 2.75) is 54.4 Å². The highest BCUT2D eigenvalue weighted by atomic mass is 16.5. The van der Waals surface area contributed by atoms with Gasteiger partial charge in [0.15, 0.2) is 0 Å². The minimum Gasteiger partial charge on any atom is -0.478 e. The van der Waals surface area contributed by atoms with Crippen LogP contribution in [-0.4, -0.2) is 24.2 Å². The minimum atomic E-state index is -0.943. The molecule has 9 aromatic rings. The molecule has 1 N–H and O–H groups in total. The molecule has 0 radical (unpaired) electrons. The van der Waals surface area contributed by atoms with E-state index in [0.717, 1.165) is 47.6 Å². The molecule has 0 aliphatic rings. The summed E-state index contributed by atoms with van der Waals surface area (Å²) < 4.78 is 4.65. The van der Waals surface area contributed by atoms with Crippen molar-refractivity contribution in [1.82, 2.24) is 0 Å². The number of methoxy groups -OCH3 is 1. The zero-order chi connectivity index (χ0) is 56.3. The lowest BCUT2D eigenvalue weighted by Crippen LogP contribution is -1.95. The topological polar surface area (TPSA) is 63.6 Å². The standard InChI is InChI=1S/C26H24O2.C25H22O2.C25H24.CH4/c1-3-24(21-10-6-4-7-11-21)26(22-12-8-5-9-13-22)23-17-14-20(15-18-23)16-19-25(27)28-2;1-2-23(20-9-5-3-6-10-20)25(21-11-7-4-8-12-21)22-16-13-19(14-17-22)15-18-24(26)27;1-3-11-20-16-18-23(19-17-20)25(22-14-9-6-10-15-22)24(4-2)21-12-7-5-8-13-21;/h4-19H,3H2,1-2H3;3-18H,2H2,1H3,(H,26,27);3,5-19H,4H2,1-2H3;1H4/b19-16+,26-24-;18-15+,25-23-;11-3+,25-24-;. The van der Waals surface area contributed by atoms with Gasteiger partial charge in [-0.2, -0.15) is 0 Å². The molecular weight excluding hydrogens is 989 g/mol. The molecule has 0 aliphatic carbocycles. The van der Waals surface area contributed by atoms with E-state index in [1.807, 2.05) is 55.5 Å². The molecule has 0 bridgehead atoms. The molecule has 0 saturated heterocycles. The van der Waals surface area contributed by atoms with Crippen LogP contribution >= 0.6 is 0 Å². The number of ether oxygens (including phenoxy) is 1. The van der Waals surface area contributed by atoms with Gasteiger partial charge in [-0.1, -0.05) is 295 Å². The second-order valence-corrected chi connectivity index (χ2v) is 18.7. The quantitative estimate of drug-likeness (QED) is 0.0561. The molecule has 0 amide bonds. The summed E-state index contributed by atoms with van der Waals surface area (Å²) in [6, 6.07) is 88.4. The van der Waals surface area contributed by atoms with E-state index in [9.17, 15) is 9.59 Å². The van der Waals surface area contributed by atoms with Gasteiger partial charge >= 0.3 is 11.9 Å². The zero-order valence-corrected chi connectivity index (χ0v) is 46.5. The fourth-order valence-corrected chi connectivity index (χ4v) is 9.73. The molecule has 4 nitrogen and oxygen atoms in total. The second-order valence-electron chi connectivity index (χ2n) is 18.7. The lowest BCUT2D eigenvalue weighted by molar-refractivity contribution is -0.135. The van der Waals surface area contributed by atoms with Crippen LogP contribution in [0.1, 0.15) is 121 Å². The summed E-state index contributed by atoms with van der Waals surface area (Å²) in [6.45, 7) is 8.65. The van der Waals surface area contributed by atoms with Gasteiger partial charge < -0.3 is 9.84 Å².